The highest BCUT2D eigenvalue weighted by atomic mass is 16.5. The van der Waals surface area contributed by atoms with Gasteiger partial charge in [0.2, 0.25) is 0 Å². The monoisotopic (exact) mass is 362 g/mol. The molecule has 8 atom stereocenters. The first-order valence-electron chi connectivity index (χ1n) is 11.0. The maximum Gasteiger partial charge on any atom is 0.0701 e. The molecule has 0 amide bonds. The van der Waals surface area contributed by atoms with E-state index < -0.39 is 0 Å². The molecule has 3 heteroatoms. The third-order valence-corrected chi connectivity index (χ3v) is 9.19. The van der Waals surface area contributed by atoms with Gasteiger partial charge in [0.25, 0.3) is 0 Å². The second kappa shape index (κ2) is 6.90. The van der Waals surface area contributed by atoms with Gasteiger partial charge in [-0.2, -0.15) is 0 Å². The molecule has 0 saturated heterocycles. The van der Waals surface area contributed by atoms with Crippen LogP contribution in [0.25, 0.3) is 0 Å². The molecule has 0 heterocycles. The Kier molecular flexibility index (Phi) is 5.03. The fraction of sp³-hybridized carbons (Fsp3) is 0.913. The molecule has 2 N–H and O–H groups in total. The molecular weight excluding hydrogens is 324 g/mol. The quantitative estimate of drug-likeness (QED) is 0.732. The van der Waals surface area contributed by atoms with Crippen molar-refractivity contribution in [1.29, 1.82) is 0 Å². The molecule has 0 aliphatic heterocycles. The topological polar surface area (TPSA) is 49.7 Å². The number of hydrogen-bond donors (Lipinski definition) is 2. The molecule has 3 nitrogen and oxygen atoms in total. The predicted molar refractivity (Wildman–Crippen MR) is 104 cm³/mol. The summed E-state index contributed by atoms with van der Waals surface area (Å²) < 4.78 is 5.95. The maximum atomic E-state index is 10.1. The van der Waals surface area contributed by atoms with E-state index in [1.54, 1.807) is 5.57 Å². The summed E-state index contributed by atoms with van der Waals surface area (Å²) in [4.78, 5) is 0. The van der Waals surface area contributed by atoms with E-state index in [0.29, 0.717) is 23.4 Å². The van der Waals surface area contributed by atoms with Crippen molar-refractivity contribution in [3.05, 3.63) is 11.6 Å². The van der Waals surface area contributed by atoms with Gasteiger partial charge in [0.05, 0.1) is 25.4 Å². The lowest BCUT2D eigenvalue weighted by molar-refractivity contribution is -0.0840. The summed E-state index contributed by atoms with van der Waals surface area (Å²) >= 11 is 0. The zero-order valence-electron chi connectivity index (χ0n) is 16.9. The summed E-state index contributed by atoms with van der Waals surface area (Å²) in [6, 6.07) is 0. The molecule has 3 fully saturated rings. The Balaban J connectivity index is 1.56. The summed E-state index contributed by atoms with van der Waals surface area (Å²) in [5.41, 5.74) is 2.29. The Morgan fingerprint density at radius 1 is 1.15 bits per heavy atom. The number of hydrogen-bond acceptors (Lipinski definition) is 3. The van der Waals surface area contributed by atoms with Gasteiger partial charge >= 0.3 is 0 Å². The van der Waals surface area contributed by atoms with Gasteiger partial charge in [-0.05, 0) is 92.8 Å². The summed E-state index contributed by atoms with van der Waals surface area (Å²) in [5.74, 6) is 3.06. The molecule has 148 valence electrons. The van der Waals surface area contributed by atoms with E-state index in [4.69, 9.17) is 9.84 Å². The molecule has 0 aromatic heterocycles. The molecule has 0 aromatic carbocycles. The first-order chi connectivity index (χ1) is 12.4. The summed E-state index contributed by atoms with van der Waals surface area (Å²) in [6.07, 6.45) is 12.2. The number of allylic oxidation sites excluding steroid dienone is 1. The van der Waals surface area contributed by atoms with E-state index in [9.17, 15) is 5.11 Å². The first kappa shape index (κ1) is 19.0. The molecule has 4 aliphatic rings. The van der Waals surface area contributed by atoms with Crippen molar-refractivity contribution in [2.24, 2.45) is 34.5 Å². The molecule has 0 radical (unpaired) electrons. The largest absolute Gasteiger partial charge is 0.394 e. The van der Waals surface area contributed by atoms with Gasteiger partial charge in [0, 0.05) is 0 Å². The van der Waals surface area contributed by atoms with Crippen LogP contribution >= 0.6 is 0 Å². The summed E-state index contributed by atoms with van der Waals surface area (Å²) in [7, 11) is 0. The van der Waals surface area contributed by atoms with Gasteiger partial charge in [0.1, 0.15) is 0 Å². The van der Waals surface area contributed by atoms with Gasteiger partial charge in [-0.1, -0.05) is 25.5 Å². The van der Waals surface area contributed by atoms with Crippen LogP contribution in [-0.4, -0.2) is 35.6 Å². The molecule has 4 aliphatic carbocycles. The minimum atomic E-state index is -0.111. The zero-order chi connectivity index (χ0) is 18.5. The maximum absolute atomic E-state index is 10.1. The van der Waals surface area contributed by atoms with E-state index in [0.717, 1.165) is 30.6 Å². The average Bonchev–Trinajstić information content (AvgIpc) is 2.97. The number of aliphatic hydroxyl groups is 2. The van der Waals surface area contributed by atoms with Crippen molar-refractivity contribution in [3.63, 3.8) is 0 Å². The third kappa shape index (κ3) is 2.81. The second-order valence-corrected chi connectivity index (χ2v) is 10.2. The van der Waals surface area contributed by atoms with Crippen LogP contribution in [0.15, 0.2) is 11.6 Å². The summed E-state index contributed by atoms with van der Waals surface area (Å²) in [5, 5.41) is 19.3. The molecule has 0 spiro atoms. The molecular formula is C23H38O3. The highest BCUT2D eigenvalue weighted by Gasteiger charge is 2.59. The van der Waals surface area contributed by atoms with Crippen molar-refractivity contribution in [3.8, 4) is 0 Å². The van der Waals surface area contributed by atoms with Gasteiger partial charge in [-0.15, -0.1) is 0 Å². The fourth-order valence-electron chi connectivity index (χ4n) is 7.81. The second-order valence-electron chi connectivity index (χ2n) is 10.2. The Morgan fingerprint density at radius 3 is 2.73 bits per heavy atom. The van der Waals surface area contributed by atoms with Crippen molar-refractivity contribution in [1.82, 2.24) is 0 Å². The average molecular weight is 363 g/mol. The Labute approximate surface area is 159 Å². The van der Waals surface area contributed by atoms with Crippen molar-refractivity contribution >= 4 is 0 Å². The Hall–Kier alpha value is -0.380. The summed E-state index contributed by atoms with van der Waals surface area (Å²) in [6.45, 7) is 7.86. The van der Waals surface area contributed by atoms with Crippen molar-refractivity contribution in [2.75, 3.05) is 13.2 Å². The highest BCUT2D eigenvalue weighted by Crippen LogP contribution is 2.66. The molecule has 0 bridgehead atoms. The molecule has 0 aromatic rings. The van der Waals surface area contributed by atoms with E-state index >= 15 is 0 Å². The SMILES string of the molecule is CC(OCCO)C1CCC2C3CC=C4CC(O)CCC4(C)C3CCC12C. The number of rotatable bonds is 4. The van der Waals surface area contributed by atoms with Crippen LogP contribution in [0.3, 0.4) is 0 Å². The Bertz CT molecular complexity index is 558. The smallest absolute Gasteiger partial charge is 0.0701 e. The van der Waals surface area contributed by atoms with E-state index in [1.165, 1.54) is 38.5 Å². The molecule has 8 unspecified atom stereocenters. The van der Waals surface area contributed by atoms with Crippen LogP contribution in [0.4, 0.5) is 0 Å². The normalized spacial score (nSPS) is 49.0. The third-order valence-electron chi connectivity index (χ3n) is 9.19. The zero-order valence-corrected chi connectivity index (χ0v) is 16.9. The molecule has 26 heavy (non-hydrogen) atoms. The van der Waals surface area contributed by atoms with Crippen LogP contribution < -0.4 is 0 Å². The lowest BCUT2D eigenvalue weighted by Gasteiger charge is -2.58. The number of aliphatic hydroxyl groups excluding tert-OH is 2. The highest BCUT2D eigenvalue weighted by molar-refractivity contribution is 5.25. The number of ether oxygens (including phenoxy) is 1. The predicted octanol–water partition coefficient (Wildman–Crippen LogP) is 4.32. The van der Waals surface area contributed by atoms with Crippen LogP contribution in [0.1, 0.15) is 72.1 Å². The standard InChI is InChI=1S/C23H38O3/c1-15(26-13-12-24)19-6-7-20-18-5-4-16-14-17(25)8-10-22(16,2)21(18)9-11-23(19,20)3/h4,15,17-21,24-25H,5-14H2,1-3H3. The van der Waals surface area contributed by atoms with E-state index in [1.807, 2.05) is 0 Å². The van der Waals surface area contributed by atoms with Crippen LogP contribution in [0, 0.1) is 34.5 Å². The lowest BCUT2D eigenvalue weighted by atomic mass is 9.47. The fourth-order valence-corrected chi connectivity index (χ4v) is 7.81. The molecule has 3 saturated carbocycles. The minimum Gasteiger partial charge on any atom is -0.394 e. The van der Waals surface area contributed by atoms with Gasteiger partial charge in [0.15, 0.2) is 0 Å². The first-order valence-corrected chi connectivity index (χ1v) is 11.0. The van der Waals surface area contributed by atoms with E-state index in [2.05, 4.69) is 26.8 Å². The van der Waals surface area contributed by atoms with Crippen LogP contribution in [0.2, 0.25) is 0 Å². The Morgan fingerprint density at radius 2 is 1.96 bits per heavy atom. The van der Waals surface area contributed by atoms with E-state index in [-0.39, 0.29) is 18.8 Å². The van der Waals surface area contributed by atoms with Gasteiger partial charge in [-0.3, -0.25) is 0 Å². The van der Waals surface area contributed by atoms with Crippen LogP contribution in [-0.2, 0) is 4.74 Å². The van der Waals surface area contributed by atoms with Crippen molar-refractivity contribution in [2.45, 2.75) is 84.3 Å². The lowest BCUT2D eigenvalue weighted by Crippen LogP contribution is -2.51. The van der Waals surface area contributed by atoms with Crippen molar-refractivity contribution < 1.29 is 14.9 Å². The molecule has 4 rings (SSSR count). The number of fused-ring (bicyclic) bond motifs is 5. The van der Waals surface area contributed by atoms with Gasteiger partial charge < -0.3 is 14.9 Å². The minimum absolute atomic E-state index is 0.111. The van der Waals surface area contributed by atoms with Gasteiger partial charge in [-0.25, -0.2) is 0 Å². The van der Waals surface area contributed by atoms with Crippen LogP contribution in [0.5, 0.6) is 0 Å².